The second kappa shape index (κ2) is 8.37. The summed E-state index contributed by atoms with van der Waals surface area (Å²) >= 11 is 0. The van der Waals surface area contributed by atoms with Gasteiger partial charge in [0.05, 0.1) is 0 Å². The molecule has 0 aliphatic carbocycles. The van der Waals surface area contributed by atoms with E-state index in [1.54, 1.807) is 6.33 Å². The van der Waals surface area contributed by atoms with Gasteiger partial charge in [0.2, 0.25) is 0 Å². The van der Waals surface area contributed by atoms with Crippen molar-refractivity contribution in [2.45, 2.75) is 13.8 Å². The Morgan fingerprint density at radius 2 is 1.38 bits per heavy atom. The molecule has 1 amide bonds. The summed E-state index contributed by atoms with van der Waals surface area (Å²) in [6, 6.07) is 8.05. The first-order valence-electron chi connectivity index (χ1n) is 10.4. The average molecular weight is 395 g/mol. The van der Waals surface area contributed by atoms with Crippen LogP contribution >= 0.6 is 0 Å². The molecule has 0 N–H and O–H groups in total. The normalized spacial score (nSPS) is 18.2. The Morgan fingerprint density at radius 3 is 1.97 bits per heavy atom. The topological polar surface area (TPSA) is 55.8 Å². The number of piperazine rings is 2. The van der Waals surface area contributed by atoms with Gasteiger partial charge in [0.15, 0.2) is 0 Å². The quantitative estimate of drug-likeness (QED) is 0.791. The number of carbonyl (C=O) groups excluding carboxylic acids is 1. The number of rotatable bonds is 3. The highest BCUT2D eigenvalue weighted by atomic mass is 16.2. The fourth-order valence-corrected chi connectivity index (χ4v) is 3.91. The van der Waals surface area contributed by atoms with Crippen molar-refractivity contribution in [1.82, 2.24) is 19.8 Å². The molecule has 7 heteroatoms. The first kappa shape index (κ1) is 19.6. The van der Waals surface area contributed by atoms with Crippen molar-refractivity contribution in [3.63, 3.8) is 0 Å². The zero-order valence-corrected chi connectivity index (χ0v) is 17.6. The van der Waals surface area contributed by atoms with Gasteiger partial charge in [-0.3, -0.25) is 4.79 Å². The van der Waals surface area contributed by atoms with E-state index >= 15 is 0 Å². The number of likely N-dealkylation sites (N-methyl/N-ethyl adjacent to an activating group) is 1. The van der Waals surface area contributed by atoms with Gasteiger partial charge in [0, 0.05) is 64.0 Å². The van der Waals surface area contributed by atoms with Crippen LogP contribution in [0.25, 0.3) is 0 Å². The summed E-state index contributed by atoms with van der Waals surface area (Å²) in [5.74, 6) is 2.07. The number of aromatic nitrogens is 2. The zero-order valence-electron chi connectivity index (χ0n) is 17.6. The first-order chi connectivity index (χ1) is 14.0. The third kappa shape index (κ3) is 4.34. The maximum absolute atomic E-state index is 12.9. The smallest absolute Gasteiger partial charge is 0.253 e. The molecule has 0 atom stereocenters. The molecule has 7 nitrogen and oxygen atoms in total. The minimum Gasteiger partial charge on any atom is -0.354 e. The van der Waals surface area contributed by atoms with Gasteiger partial charge in [0.1, 0.15) is 18.0 Å². The summed E-state index contributed by atoms with van der Waals surface area (Å²) in [6.07, 6.45) is 1.66. The molecule has 2 aromatic rings. The van der Waals surface area contributed by atoms with E-state index in [1.807, 2.05) is 23.1 Å². The molecule has 0 unspecified atom stereocenters. The largest absolute Gasteiger partial charge is 0.354 e. The maximum Gasteiger partial charge on any atom is 0.253 e. The van der Waals surface area contributed by atoms with Gasteiger partial charge >= 0.3 is 0 Å². The lowest BCUT2D eigenvalue weighted by Gasteiger charge is -2.36. The molecule has 2 aliphatic heterocycles. The third-order valence-corrected chi connectivity index (χ3v) is 6.11. The van der Waals surface area contributed by atoms with E-state index in [1.165, 1.54) is 5.56 Å². The summed E-state index contributed by atoms with van der Waals surface area (Å²) in [7, 11) is 2.15. The minimum atomic E-state index is 0.119. The predicted molar refractivity (Wildman–Crippen MR) is 116 cm³/mol. The van der Waals surface area contributed by atoms with Gasteiger partial charge in [-0.2, -0.15) is 0 Å². The van der Waals surface area contributed by atoms with Crippen LogP contribution in [0.5, 0.6) is 0 Å². The van der Waals surface area contributed by atoms with Crippen LogP contribution in [0.15, 0.2) is 30.6 Å². The van der Waals surface area contributed by atoms with Crippen LogP contribution in [0.2, 0.25) is 0 Å². The first-order valence-corrected chi connectivity index (χ1v) is 10.4. The second-order valence-corrected chi connectivity index (χ2v) is 8.10. The van der Waals surface area contributed by atoms with Crippen molar-refractivity contribution in [1.29, 1.82) is 0 Å². The molecule has 0 spiro atoms. The molecule has 0 radical (unpaired) electrons. The van der Waals surface area contributed by atoms with Crippen LogP contribution < -0.4 is 9.80 Å². The Morgan fingerprint density at radius 1 is 0.793 bits per heavy atom. The number of amides is 1. The molecule has 4 rings (SSSR count). The van der Waals surface area contributed by atoms with Crippen LogP contribution in [0.1, 0.15) is 21.5 Å². The molecule has 29 heavy (non-hydrogen) atoms. The van der Waals surface area contributed by atoms with E-state index in [0.717, 1.165) is 62.0 Å². The van der Waals surface area contributed by atoms with Crippen LogP contribution in [-0.4, -0.2) is 85.1 Å². The van der Waals surface area contributed by atoms with Crippen molar-refractivity contribution >= 4 is 17.5 Å². The van der Waals surface area contributed by atoms with Gasteiger partial charge in [0.25, 0.3) is 5.91 Å². The summed E-state index contributed by atoms with van der Waals surface area (Å²) in [4.78, 5) is 30.7. The lowest BCUT2D eigenvalue weighted by molar-refractivity contribution is 0.0746. The molecule has 2 fully saturated rings. The van der Waals surface area contributed by atoms with Crippen LogP contribution in [-0.2, 0) is 0 Å². The number of hydrogen-bond donors (Lipinski definition) is 0. The average Bonchev–Trinajstić information content (AvgIpc) is 2.76. The number of carbonyl (C=O) groups is 1. The van der Waals surface area contributed by atoms with Crippen LogP contribution in [0.3, 0.4) is 0 Å². The fourth-order valence-electron chi connectivity index (χ4n) is 3.91. The highest BCUT2D eigenvalue weighted by Crippen LogP contribution is 2.21. The van der Waals surface area contributed by atoms with E-state index in [9.17, 15) is 4.79 Å². The fraction of sp³-hybridized carbons (Fsp3) is 0.500. The number of benzene rings is 1. The van der Waals surface area contributed by atoms with Gasteiger partial charge in [-0.15, -0.1) is 0 Å². The van der Waals surface area contributed by atoms with E-state index in [-0.39, 0.29) is 5.91 Å². The Balaban J connectivity index is 1.39. The minimum absolute atomic E-state index is 0.119. The summed E-state index contributed by atoms with van der Waals surface area (Å²) < 4.78 is 0. The number of hydrogen-bond acceptors (Lipinski definition) is 6. The molecule has 154 valence electrons. The van der Waals surface area contributed by atoms with E-state index in [4.69, 9.17) is 0 Å². The van der Waals surface area contributed by atoms with Gasteiger partial charge in [-0.1, -0.05) is 6.07 Å². The summed E-state index contributed by atoms with van der Waals surface area (Å²) in [5.41, 5.74) is 3.15. The lowest BCUT2D eigenvalue weighted by Crippen LogP contribution is -2.49. The van der Waals surface area contributed by atoms with Crippen LogP contribution in [0.4, 0.5) is 11.6 Å². The van der Waals surface area contributed by atoms with E-state index in [2.05, 4.69) is 51.6 Å². The van der Waals surface area contributed by atoms with Crippen molar-refractivity contribution in [3.05, 3.63) is 47.3 Å². The van der Waals surface area contributed by atoms with Crippen LogP contribution in [0, 0.1) is 13.8 Å². The lowest BCUT2D eigenvalue weighted by atomic mass is 10.1. The second-order valence-electron chi connectivity index (χ2n) is 8.10. The van der Waals surface area contributed by atoms with Crippen molar-refractivity contribution in [3.8, 4) is 0 Å². The van der Waals surface area contributed by atoms with E-state index < -0.39 is 0 Å². The predicted octanol–water partition coefficient (Wildman–Crippen LogP) is 1.81. The highest BCUT2D eigenvalue weighted by Gasteiger charge is 2.24. The Bertz CT molecular complexity index is 869. The molecule has 0 saturated carbocycles. The number of nitrogens with zero attached hydrogens (tertiary/aromatic N) is 6. The Hall–Kier alpha value is -2.67. The summed E-state index contributed by atoms with van der Waals surface area (Å²) in [5, 5.41) is 0. The number of aryl methyl sites for hydroxylation is 2. The molecule has 2 aliphatic rings. The molecule has 1 aromatic carbocycles. The standard InChI is InChI=1S/C22H30N6O/c1-17-4-5-19(14-18(17)2)22(29)28-12-10-27(11-13-28)21-15-20(23-16-24-21)26-8-6-25(3)7-9-26/h4-5,14-16H,6-13H2,1-3H3. The maximum atomic E-state index is 12.9. The molecule has 1 aromatic heterocycles. The molecule has 3 heterocycles. The van der Waals surface area contributed by atoms with Gasteiger partial charge < -0.3 is 19.6 Å². The Kier molecular flexibility index (Phi) is 5.67. The Labute approximate surface area is 172 Å². The van der Waals surface area contributed by atoms with Gasteiger partial charge in [-0.25, -0.2) is 9.97 Å². The van der Waals surface area contributed by atoms with Crippen molar-refractivity contribution < 1.29 is 4.79 Å². The molecular formula is C22H30N6O. The van der Waals surface area contributed by atoms with Crippen molar-refractivity contribution in [2.75, 3.05) is 69.2 Å². The molecular weight excluding hydrogens is 364 g/mol. The number of anilines is 2. The molecule has 0 bridgehead atoms. The third-order valence-electron chi connectivity index (χ3n) is 6.11. The van der Waals surface area contributed by atoms with Gasteiger partial charge in [-0.05, 0) is 44.2 Å². The monoisotopic (exact) mass is 394 g/mol. The molecule has 2 saturated heterocycles. The SMILES string of the molecule is Cc1ccc(C(=O)N2CCN(c3cc(N4CCN(C)CC4)ncn3)CC2)cc1C. The zero-order chi connectivity index (χ0) is 20.4. The van der Waals surface area contributed by atoms with E-state index in [0.29, 0.717) is 13.1 Å². The summed E-state index contributed by atoms with van der Waals surface area (Å²) in [6.45, 7) is 11.2. The highest BCUT2D eigenvalue weighted by molar-refractivity contribution is 5.94. The van der Waals surface area contributed by atoms with Crippen molar-refractivity contribution in [2.24, 2.45) is 0 Å².